The topological polar surface area (TPSA) is 63.6 Å². The van der Waals surface area contributed by atoms with Crippen LogP contribution in [0.5, 0.6) is 0 Å². The molecule has 4 aliphatic rings. The van der Waals surface area contributed by atoms with Crippen LogP contribution in [0.1, 0.15) is 72.6 Å². The van der Waals surface area contributed by atoms with E-state index in [4.69, 9.17) is 4.74 Å². The van der Waals surface area contributed by atoms with Crippen LogP contribution in [-0.2, 0) is 14.3 Å². The third-order valence-electron chi connectivity index (χ3n) is 9.05. The number of ketones is 2. The second-order valence-electron chi connectivity index (χ2n) is 9.92. The van der Waals surface area contributed by atoms with Gasteiger partial charge in [-0.2, -0.15) is 0 Å². The molecule has 3 fully saturated rings. The molecule has 150 valence electrons. The van der Waals surface area contributed by atoms with Crippen LogP contribution >= 0.6 is 0 Å². The van der Waals surface area contributed by atoms with Crippen LogP contribution < -0.4 is 0 Å². The quantitative estimate of drug-likeness (QED) is 0.762. The molecule has 1 unspecified atom stereocenters. The van der Waals surface area contributed by atoms with E-state index in [1.807, 2.05) is 13.0 Å². The Bertz CT molecular complexity index is 696. The summed E-state index contributed by atoms with van der Waals surface area (Å²) in [6.07, 6.45) is 7.37. The lowest BCUT2D eigenvalue weighted by Crippen LogP contribution is -2.58. The average molecular weight is 375 g/mol. The zero-order valence-electron chi connectivity index (χ0n) is 17.2. The molecule has 0 aromatic carbocycles. The predicted molar refractivity (Wildman–Crippen MR) is 103 cm³/mol. The Morgan fingerprint density at radius 2 is 1.93 bits per heavy atom. The number of fused-ring (bicyclic) bond motifs is 5. The number of hydrogen-bond donors (Lipinski definition) is 1. The third-order valence-corrected chi connectivity index (χ3v) is 9.05. The molecule has 0 aromatic heterocycles. The molecule has 0 amide bonds. The normalized spacial score (nSPS) is 49.1. The van der Waals surface area contributed by atoms with Crippen molar-refractivity contribution in [2.75, 3.05) is 6.61 Å². The fraction of sp³-hybridized carbons (Fsp3) is 0.826. The van der Waals surface area contributed by atoms with Gasteiger partial charge in [-0.1, -0.05) is 19.4 Å². The van der Waals surface area contributed by atoms with Gasteiger partial charge in [0.05, 0.1) is 0 Å². The average Bonchev–Trinajstić information content (AvgIpc) is 2.90. The largest absolute Gasteiger partial charge is 0.381 e. The summed E-state index contributed by atoms with van der Waals surface area (Å²) in [5.41, 5.74) is 0.437. The molecule has 27 heavy (non-hydrogen) atoms. The highest BCUT2D eigenvalue weighted by atomic mass is 16.5. The highest BCUT2D eigenvalue weighted by molar-refractivity contribution is 5.88. The predicted octanol–water partition coefficient (Wildman–Crippen LogP) is 3.85. The van der Waals surface area contributed by atoms with Crippen molar-refractivity contribution in [2.45, 2.75) is 84.3 Å². The minimum absolute atomic E-state index is 0.0333. The Balaban J connectivity index is 1.70. The molecule has 0 bridgehead atoms. The molecule has 0 heterocycles. The minimum Gasteiger partial charge on any atom is -0.381 e. The van der Waals surface area contributed by atoms with Crippen LogP contribution in [0.3, 0.4) is 0 Å². The lowest BCUT2D eigenvalue weighted by molar-refractivity contribution is -0.174. The van der Waals surface area contributed by atoms with Gasteiger partial charge in [0.25, 0.3) is 0 Å². The summed E-state index contributed by atoms with van der Waals surface area (Å²) >= 11 is 0. The maximum Gasteiger partial charge on any atom is 0.166 e. The summed E-state index contributed by atoms with van der Waals surface area (Å²) in [6.45, 7) is 8.82. The van der Waals surface area contributed by atoms with Crippen LogP contribution in [0.25, 0.3) is 0 Å². The fourth-order valence-electron chi connectivity index (χ4n) is 7.76. The zero-order chi connectivity index (χ0) is 19.6. The van der Waals surface area contributed by atoms with Crippen LogP contribution in [0.15, 0.2) is 11.6 Å². The number of carbonyl (C=O) groups excluding carboxylic acids is 2. The Labute approximate surface area is 162 Å². The molecule has 0 aliphatic heterocycles. The van der Waals surface area contributed by atoms with Gasteiger partial charge < -0.3 is 9.84 Å². The second-order valence-corrected chi connectivity index (χ2v) is 9.92. The van der Waals surface area contributed by atoms with Gasteiger partial charge in [-0.15, -0.1) is 0 Å². The molecule has 0 saturated heterocycles. The number of carbonyl (C=O) groups is 2. The van der Waals surface area contributed by atoms with E-state index in [1.54, 1.807) is 6.92 Å². The Morgan fingerprint density at radius 3 is 2.59 bits per heavy atom. The number of allylic oxidation sites excluding steroid dienone is 1. The molecule has 4 heteroatoms. The molecule has 4 nitrogen and oxygen atoms in total. The first-order valence-electron chi connectivity index (χ1n) is 10.8. The van der Waals surface area contributed by atoms with E-state index in [-0.39, 0.29) is 22.4 Å². The van der Waals surface area contributed by atoms with E-state index in [2.05, 4.69) is 13.8 Å². The molecule has 0 aromatic rings. The smallest absolute Gasteiger partial charge is 0.166 e. The van der Waals surface area contributed by atoms with Gasteiger partial charge in [-0.3, -0.25) is 9.59 Å². The minimum atomic E-state index is -0.909. The van der Waals surface area contributed by atoms with Crippen LogP contribution in [-0.4, -0.2) is 35.0 Å². The van der Waals surface area contributed by atoms with E-state index in [1.165, 1.54) is 5.57 Å². The Kier molecular flexibility index (Phi) is 4.47. The first-order chi connectivity index (χ1) is 12.7. The fourth-order valence-corrected chi connectivity index (χ4v) is 7.76. The summed E-state index contributed by atoms with van der Waals surface area (Å²) in [6, 6.07) is 0. The monoisotopic (exact) mass is 374 g/mol. The van der Waals surface area contributed by atoms with Crippen molar-refractivity contribution in [3.63, 3.8) is 0 Å². The number of Topliss-reactive ketones (excluding diaryl/α,β-unsaturated/α-hetero) is 2. The second kappa shape index (κ2) is 6.25. The first kappa shape index (κ1) is 19.3. The van der Waals surface area contributed by atoms with E-state index < -0.39 is 11.7 Å². The van der Waals surface area contributed by atoms with E-state index in [0.29, 0.717) is 30.8 Å². The van der Waals surface area contributed by atoms with Crippen molar-refractivity contribution in [2.24, 2.45) is 28.6 Å². The number of aliphatic hydroxyl groups excluding tert-OH is 1. The van der Waals surface area contributed by atoms with Crippen molar-refractivity contribution in [1.82, 2.24) is 0 Å². The van der Waals surface area contributed by atoms with E-state index >= 15 is 0 Å². The molecular weight excluding hydrogens is 340 g/mol. The summed E-state index contributed by atoms with van der Waals surface area (Å²) in [5.74, 6) is 1.64. The highest BCUT2D eigenvalue weighted by Gasteiger charge is 2.66. The summed E-state index contributed by atoms with van der Waals surface area (Å²) < 4.78 is 6.22. The molecule has 3 saturated carbocycles. The van der Waals surface area contributed by atoms with Crippen molar-refractivity contribution in [1.29, 1.82) is 0 Å². The van der Waals surface area contributed by atoms with E-state index in [0.717, 1.165) is 38.5 Å². The van der Waals surface area contributed by atoms with Gasteiger partial charge in [-0.05, 0) is 81.6 Å². The molecule has 1 N–H and O–H groups in total. The third kappa shape index (κ3) is 2.42. The molecule has 7 atom stereocenters. The van der Waals surface area contributed by atoms with Gasteiger partial charge in [0.1, 0.15) is 11.7 Å². The van der Waals surface area contributed by atoms with Gasteiger partial charge in [0, 0.05) is 18.4 Å². The van der Waals surface area contributed by atoms with E-state index in [9.17, 15) is 14.7 Å². The summed E-state index contributed by atoms with van der Waals surface area (Å²) in [7, 11) is 0. The SMILES string of the molecule is CCO[C@]1(C(C)=O)CC[C@H]2[C@@H]3CCC4=CC(O)C(=O)C[C@]4(C)[C@H]3CC[C@@]21C. The maximum absolute atomic E-state index is 12.7. The van der Waals surface area contributed by atoms with Gasteiger partial charge in [0.2, 0.25) is 0 Å². The number of hydrogen-bond acceptors (Lipinski definition) is 4. The van der Waals surface area contributed by atoms with Crippen LogP contribution in [0, 0.1) is 28.6 Å². The van der Waals surface area contributed by atoms with Crippen LogP contribution in [0.2, 0.25) is 0 Å². The maximum atomic E-state index is 12.7. The molecular formula is C23H34O4. The zero-order valence-corrected chi connectivity index (χ0v) is 17.2. The number of aliphatic hydroxyl groups is 1. The molecule has 0 radical (unpaired) electrons. The van der Waals surface area contributed by atoms with Gasteiger partial charge in [-0.25, -0.2) is 0 Å². The molecule has 4 aliphatic carbocycles. The standard InChI is InChI=1S/C23H34O4/c1-5-27-23(14(2)24)11-9-18-16-7-6-15-12-19(25)20(26)13-21(15,3)17(16)8-10-22(18,23)4/h12,16-19,25H,5-11,13H2,1-4H3/t16-,17+,18+,19?,21+,22+,23+/m1/s1. The Morgan fingerprint density at radius 1 is 1.22 bits per heavy atom. The summed E-state index contributed by atoms with van der Waals surface area (Å²) in [5, 5.41) is 10.0. The number of rotatable bonds is 3. The first-order valence-corrected chi connectivity index (χ1v) is 10.8. The Hall–Kier alpha value is -1.00. The molecule has 0 spiro atoms. The van der Waals surface area contributed by atoms with Crippen LogP contribution in [0.4, 0.5) is 0 Å². The van der Waals surface area contributed by atoms with Crippen molar-refractivity contribution in [3.8, 4) is 0 Å². The lowest BCUT2D eigenvalue weighted by Gasteiger charge is -2.59. The van der Waals surface area contributed by atoms with Gasteiger partial charge in [0.15, 0.2) is 11.6 Å². The summed E-state index contributed by atoms with van der Waals surface area (Å²) in [4.78, 5) is 25.1. The lowest BCUT2D eigenvalue weighted by atomic mass is 9.46. The van der Waals surface area contributed by atoms with Crippen molar-refractivity contribution >= 4 is 11.6 Å². The number of ether oxygens (including phenoxy) is 1. The van der Waals surface area contributed by atoms with Gasteiger partial charge >= 0.3 is 0 Å². The van der Waals surface area contributed by atoms with Crippen molar-refractivity contribution in [3.05, 3.63) is 11.6 Å². The highest BCUT2D eigenvalue weighted by Crippen LogP contribution is 2.68. The molecule has 4 rings (SSSR count). The van der Waals surface area contributed by atoms with Crippen molar-refractivity contribution < 1.29 is 19.4 Å².